The maximum Gasteiger partial charge on any atom is 0.191 e. The van der Waals surface area contributed by atoms with E-state index >= 15 is 0 Å². The number of nitrogens with one attached hydrogen (secondary N) is 2. The quantitative estimate of drug-likeness (QED) is 0.244. The number of guanidine groups is 1. The molecule has 0 amide bonds. The van der Waals surface area contributed by atoms with E-state index in [-0.39, 0.29) is 24.0 Å². The van der Waals surface area contributed by atoms with Gasteiger partial charge in [-0.25, -0.2) is 0 Å². The van der Waals surface area contributed by atoms with Crippen LogP contribution in [0.15, 0.2) is 4.99 Å². The number of unbranched alkanes of at least 4 members (excludes halogenated alkanes) is 1. The van der Waals surface area contributed by atoms with E-state index in [0.717, 1.165) is 57.7 Å². The van der Waals surface area contributed by atoms with E-state index in [0.29, 0.717) is 0 Å². The summed E-state index contributed by atoms with van der Waals surface area (Å²) in [5.74, 6) is 0.909. The minimum Gasteiger partial charge on any atom is -0.382 e. The molecule has 0 spiro atoms. The molecule has 0 aromatic carbocycles. The minimum atomic E-state index is 0. The second kappa shape index (κ2) is 14.5. The minimum absolute atomic E-state index is 0. The van der Waals surface area contributed by atoms with Gasteiger partial charge in [0.25, 0.3) is 0 Å². The largest absolute Gasteiger partial charge is 0.382 e. The SMILES string of the molecule is CCOCCCCNC(=NC)NCCN(C)C1CCCC1.I. The Morgan fingerprint density at radius 3 is 2.50 bits per heavy atom. The average Bonchev–Trinajstić information content (AvgIpc) is 3.03. The molecule has 5 nitrogen and oxygen atoms in total. The van der Waals surface area contributed by atoms with Crippen molar-refractivity contribution in [2.24, 2.45) is 4.99 Å². The van der Waals surface area contributed by atoms with E-state index in [4.69, 9.17) is 4.74 Å². The number of ether oxygens (including phenoxy) is 1. The first-order valence-electron chi connectivity index (χ1n) is 8.50. The highest BCUT2D eigenvalue weighted by atomic mass is 127. The van der Waals surface area contributed by atoms with Crippen LogP contribution in [-0.2, 0) is 4.74 Å². The number of hydrogen-bond donors (Lipinski definition) is 2. The van der Waals surface area contributed by atoms with Gasteiger partial charge in [-0.1, -0.05) is 12.8 Å². The van der Waals surface area contributed by atoms with E-state index < -0.39 is 0 Å². The summed E-state index contributed by atoms with van der Waals surface area (Å²) in [5.41, 5.74) is 0. The number of likely N-dealkylation sites (N-methyl/N-ethyl adjacent to an activating group) is 1. The van der Waals surface area contributed by atoms with Gasteiger partial charge in [-0.3, -0.25) is 4.99 Å². The van der Waals surface area contributed by atoms with Crippen molar-refractivity contribution < 1.29 is 4.74 Å². The molecule has 0 saturated heterocycles. The fourth-order valence-electron chi connectivity index (χ4n) is 2.78. The highest BCUT2D eigenvalue weighted by Crippen LogP contribution is 2.21. The molecule has 0 aromatic rings. The van der Waals surface area contributed by atoms with Crippen LogP contribution in [0.4, 0.5) is 0 Å². The van der Waals surface area contributed by atoms with Crippen molar-refractivity contribution in [1.82, 2.24) is 15.5 Å². The molecular formula is C16H35IN4O. The van der Waals surface area contributed by atoms with Gasteiger partial charge in [0.2, 0.25) is 0 Å². The Balaban J connectivity index is 0.00000441. The van der Waals surface area contributed by atoms with Gasteiger partial charge in [-0.05, 0) is 39.7 Å². The number of nitrogens with zero attached hydrogens (tertiary/aromatic N) is 2. The van der Waals surface area contributed by atoms with Crippen LogP contribution < -0.4 is 10.6 Å². The van der Waals surface area contributed by atoms with E-state index in [1.54, 1.807) is 0 Å². The maximum absolute atomic E-state index is 5.33. The van der Waals surface area contributed by atoms with Crippen LogP contribution in [0.25, 0.3) is 0 Å². The van der Waals surface area contributed by atoms with Crippen molar-refractivity contribution in [3.63, 3.8) is 0 Å². The number of hydrogen-bond acceptors (Lipinski definition) is 3. The summed E-state index contributed by atoms with van der Waals surface area (Å²) < 4.78 is 5.33. The summed E-state index contributed by atoms with van der Waals surface area (Å²) in [5, 5.41) is 6.75. The van der Waals surface area contributed by atoms with E-state index in [1.165, 1.54) is 25.7 Å². The molecule has 132 valence electrons. The standard InChI is InChI=1S/C16H34N4O.HI/c1-4-21-14-8-7-11-18-16(17-2)19-12-13-20(3)15-9-5-6-10-15;/h15H,4-14H2,1-3H3,(H2,17,18,19);1H. The molecule has 0 bridgehead atoms. The molecule has 1 saturated carbocycles. The Kier molecular flexibility index (Phi) is 14.5. The Morgan fingerprint density at radius 1 is 1.18 bits per heavy atom. The van der Waals surface area contributed by atoms with Crippen LogP contribution in [0.2, 0.25) is 0 Å². The molecule has 0 heterocycles. The Labute approximate surface area is 153 Å². The van der Waals surface area contributed by atoms with Crippen molar-refractivity contribution in [3.8, 4) is 0 Å². The lowest BCUT2D eigenvalue weighted by Crippen LogP contribution is -2.42. The second-order valence-corrected chi connectivity index (χ2v) is 5.75. The van der Waals surface area contributed by atoms with Crippen molar-refractivity contribution in [2.45, 2.75) is 51.5 Å². The van der Waals surface area contributed by atoms with Crippen LogP contribution in [-0.4, -0.2) is 63.8 Å². The van der Waals surface area contributed by atoms with E-state index in [2.05, 4.69) is 27.6 Å². The van der Waals surface area contributed by atoms with Gasteiger partial charge in [0.15, 0.2) is 5.96 Å². The smallest absolute Gasteiger partial charge is 0.191 e. The number of halogens is 1. The zero-order valence-electron chi connectivity index (χ0n) is 14.6. The normalized spacial score (nSPS) is 15.9. The molecule has 2 N–H and O–H groups in total. The van der Waals surface area contributed by atoms with Gasteiger partial charge in [-0.2, -0.15) is 0 Å². The molecule has 0 atom stereocenters. The predicted molar refractivity (Wildman–Crippen MR) is 105 cm³/mol. The highest BCUT2D eigenvalue weighted by molar-refractivity contribution is 14.0. The fourth-order valence-corrected chi connectivity index (χ4v) is 2.78. The molecule has 1 aliphatic carbocycles. The van der Waals surface area contributed by atoms with Crippen molar-refractivity contribution in [1.29, 1.82) is 0 Å². The lowest BCUT2D eigenvalue weighted by atomic mass is 10.2. The summed E-state index contributed by atoms with van der Waals surface area (Å²) in [6.07, 6.45) is 7.73. The van der Waals surface area contributed by atoms with E-state index in [1.807, 2.05) is 14.0 Å². The molecular weight excluding hydrogens is 391 g/mol. The highest BCUT2D eigenvalue weighted by Gasteiger charge is 2.18. The van der Waals surface area contributed by atoms with Crippen LogP contribution in [0.5, 0.6) is 0 Å². The fraction of sp³-hybridized carbons (Fsp3) is 0.938. The Hall–Kier alpha value is -0.0800. The maximum atomic E-state index is 5.33. The first-order chi connectivity index (χ1) is 10.3. The first kappa shape index (κ1) is 21.9. The summed E-state index contributed by atoms with van der Waals surface area (Å²) in [7, 11) is 4.07. The van der Waals surface area contributed by atoms with Gasteiger partial charge >= 0.3 is 0 Å². The van der Waals surface area contributed by atoms with Crippen molar-refractivity contribution in [2.75, 3.05) is 46.9 Å². The number of aliphatic imine (C=N–C) groups is 1. The molecule has 0 aromatic heterocycles. The Bertz CT molecular complexity index is 283. The first-order valence-corrected chi connectivity index (χ1v) is 8.50. The lowest BCUT2D eigenvalue weighted by molar-refractivity contribution is 0.143. The van der Waals surface area contributed by atoms with Gasteiger partial charge in [0, 0.05) is 45.9 Å². The lowest BCUT2D eigenvalue weighted by Gasteiger charge is -2.24. The third-order valence-electron chi connectivity index (χ3n) is 4.14. The van der Waals surface area contributed by atoms with Crippen molar-refractivity contribution in [3.05, 3.63) is 0 Å². The molecule has 1 aliphatic rings. The molecule has 0 radical (unpaired) electrons. The molecule has 0 unspecified atom stereocenters. The summed E-state index contributed by atoms with van der Waals surface area (Å²) in [6, 6.07) is 0.792. The summed E-state index contributed by atoms with van der Waals surface area (Å²) in [4.78, 5) is 6.74. The van der Waals surface area contributed by atoms with E-state index in [9.17, 15) is 0 Å². The van der Waals surface area contributed by atoms with Crippen LogP contribution >= 0.6 is 24.0 Å². The van der Waals surface area contributed by atoms with Gasteiger partial charge < -0.3 is 20.3 Å². The predicted octanol–water partition coefficient (Wildman–Crippen LogP) is 2.46. The summed E-state index contributed by atoms with van der Waals surface area (Å²) >= 11 is 0. The third kappa shape index (κ3) is 9.84. The van der Waals surface area contributed by atoms with Crippen LogP contribution in [0, 0.1) is 0 Å². The average molecular weight is 426 g/mol. The van der Waals surface area contributed by atoms with Crippen LogP contribution in [0.1, 0.15) is 45.4 Å². The van der Waals surface area contributed by atoms with Crippen molar-refractivity contribution >= 4 is 29.9 Å². The third-order valence-corrected chi connectivity index (χ3v) is 4.14. The summed E-state index contributed by atoms with van der Waals surface area (Å²) in [6.45, 7) is 6.68. The number of rotatable bonds is 10. The molecule has 1 rings (SSSR count). The monoisotopic (exact) mass is 426 g/mol. The van der Waals surface area contributed by atoms with Gasteiger partial charge in [0.1, 0.15) is 0 Å². The molecule has 6 heteroatoms. The van der Waals surface area contributed by atoms with Gasteiger partial charge in [0.05, 0.1) is 0 Å². The topological polar surface area (TPSA) is 48.9 Å². The molecule has 0 aliphatic heterocycles. The molecule has 1 fully saturated rings. The van der Waals surface area contributed by atoms with Crippen LogP contribution in [0.3, 0.4) is 0 Å². The molecule has 22 heavy (non-hydrogen) atoms. The zero-order valence-corrected chi connectivity index (χ0v) is 16.9. The van der Waals surface area contributed by atoms with Gasteiger partial charge in [-0.15, -0.1) is 24.0 Å². The zero-order chi connectivity index (χ0) is 15.3. The second-order valence-electron chi connectivity index (χ2n) is 5.75. The Morgan fingerprint density at radius 2 is 1.86 bits per heavy atom.